The van der Waals surface area contributed by atoms with Gasteiger partial charge in [-0.3, -0.25) is 0 Å². The molecule has 0 saturated heterocycles. The highest BCUT2D eigenvalue weighted by Gasteiger charge is 2.41. The van der Waals surface area contributed by atoms with E-state index in [-0.39, 0.29) is 6.17 Å². The summed E-state index contributed by atoms with van der Waals surface area (Å²) in [7, 11) is 0. The van der Waals surface area contributed by atoms with Gasteiger partial charge in [0, 0.05) is 43.6 Å². The molecule has 48 heavy (non-hydrogen) atoms. The molecule has 2 aromatic heterocycles. The van der Waals surface area contributed by atoms with Crippen LogP contribution in [-0.4, -0.2) is 10.4 Å². The SMILES string of the molecule is C1=c2oc3cc([N+]4=C(c5cccc6c5sc5ccccc56)NC4c4ccc(-c5ccccc5)cc4)ccc3c2=CC(c2ccccc2)C1. The van der Waals surface area contributed by atoms with Crippen LogP contribution in [0.2, 0.25) is 0 Å². The monoisotopic (exact) mass is 635 g/mol. The Morgan fingerprint density at radius 2 is 1.40 bits per heavy atom. The van der Waals surface area contributed by atoms with Crippen LogP contribution in [0.15, 0.2) is 150 Å². The van der Waals surface area contributed by atoms with Crippen LogP contribution >= 0.6 is 11.3 Å². The van der Waals surface area contributed by atoms with Crippen LogP contribution in [0.25, 0.3) is 54.4 Å². The van der Waals surface area contributed by atoms with Gasteiger partial charge < -0.3 is 4.42 Å². The van der Waals surface area contributed by atoms with Crippen molar-refractivity contribution in [2.45, 2.75) is 18.5 Å². The maximum atomic E-state index is 6.55. The Labute approximate surface area is 282 Å². The van der Waals surface area contributed by atoms with Gasteiger partial charge in [0.2, 0.25) is 0 Å². The smallest absolute Gasteiger partial charge is 0.291 e. The third-order valence-corrected chi connectivity index (χ3v) is 11.2. The first kappa shape index (κ1) is 27.4. The third kappa shape index (κ3) is 4.37. The minimum atomic E-state index is -0.0166. The lowest BCUT2D eigenvalue weighted by atomic mass is 9.92. The molecule has 2 aliphatic rings. The van der Waals surface area contributed by atoms with Crippen molar-refractivity contribution in [1.82, 2.24) is 5.32 Å². The van der Waals surface area contributed by atoms with Crippen LogP contribution < -0.4 is 16.0 Å². The Morgan fingerprint density at radius 1 is 0.646 bits per heavy atom. The third-order valence-electron chi connectivity index (χ3n) is 9.94. The second-order valence-electron chi connectivity index (χ2n) is 12.7. The van der Waals surface area contributed by atoms with Crippen molar-refractivity contribution in [1.29, 1.82) is 0 Å². The van der Waals surface area contributed by atoms with Gasteiger partial charge in [0.05, 0.1) is 10.3 Å². The molecule has 228 valence electrons. The molecule has 0 bridgehead atoms. The van der Waals surface area contributed by atoms with Crippen LogP contribution in [0.4, 0.5) is 5.69 Å². The van der Waals surface area contributed by atoms with Crippen molar-refractivity contribution in [2.75, 3.05) is 0 Å². The first-order valence-electron chi connectivity index (χ1n) is 16.6. The van der Waals surface area contributed by atoms with E-state index in [4.69, 9.17) is 4.42 Å². The number of hydrogen-bond donors (Lipinski definition) is 1. The number of hydrogen-bond acceptors (Lipinski definition) is 3. The molecular weight excluding hydrogens is 605 g/mol. The Kier molecular flexibility index (Phi) is 6.24. The van der Waals surface area contributed by atoms with E-state index in [1.54, 1.807) is 0 Å². The summed E-state index contributed by atoms with van der Waals surface area (Å²) in [4.78, 5) is 0. The van der Waals surface area contributed by atoms with Gasteiger partial charge in [-0.1, -0.05) is 109 Å². The van der Waals surface area contributed by atoms with Crippen molar-refractivity contribution in [3.63, 3.8) is 0 Å². The number of nitrogens with zero attached hydrogens (tertiary/aromatic N) is 1. The number of thiophene rings is 1. The van der Waals surface area contributed by atoms with Crippen LogP contribution in [0.5, 0.6) is 0 Å². The normalized spacial score (nSPS) is 17.1. The molecule has 2 atom stereocenters. The van der Waals surface area contributed by atoms with Crippen LogP contribution in [0.3, 0.4) is 0 Å². The predicted octanol–water partition coefficient (Wildman–Crippen LogP) is 9.61. The van der Waals surface area contributed by atoms with Gasteiger partial charge >= 0.3 is 0 Å². The molecule has 1 aliphatic carbocycles. The fourth-order valence-corrected chi connectivity index (χ4v) is 8.72. The summed E-state index contributed by atoms with van der Waals surface area (Å²) in [6, 6.07) is 52.4. The lowest BCUT2D eigenvalue weighted by molar-refractivity contribution is -0.531. The van der Waals surface area contributed by atoms with Gasteiger partial charge in [0.1, 0.15) is 16.7 Å². The number of nitrogens with one attached hydrogen (secondary N) is 1. The number of amidine groups is 1. The highest BCUT2D eigenvalue weighted by atomic mass is 32.1. The van der Waals surface area contributed by atoms with Crippen molar-refractivity contribution >= 4 is 66.2 Å². The summed E-state index contributed by atoms with van der Waals surface area (Å²) in [5.41, 5.74) is 9.22. The van der Waals surface area contributed by atoms with Gasteiger partial charge in [-0.05, 0) is 65.6 Å². The van der Waals surface area contributed by atoms with Gasteiger partial charge in [-0.2, -0.15) is 4.58 Å². The molecule has 3 heterocycles. The van der Waals surface area contributed by atoms with Crippen molar-refractivity contribution in [3.05, 3.63) is 173 Å². The minimum absolute atomic E-state index is 0.0166. The summed E-state index contributed by atoms with van der Waals surface area (Å²) in [5.74, 6) is 1.46. The molecule has 0 saturated carbocycles. The molecule has 2 unspecified atom stereocenters. The summed E-state index contributed by atoms with van der Waals surface area (Å²) in [6.45, 7) is 0. The van der Waals surface area contributed by atoms with E-state index < -0.39 is 0 Å². The van der Waals surface area contributed by atoms with E-state index in [9.17, 15) is 0 Å². The van der Waals surface area contributed by atoms with Gasteiger partial charge in [0.25, 0.3) is 12.0 Å². The second-order valence-corrected chi connectivity index (χ2v) is 13.8. The number of fused-ring (bicyclic) bond motifs is 6. The Balaban J connectivity index is 1.12. The summed E-state index contributed by atoms with van der Waals surface area (Å²) in [6.07, 6.45) is 5.57. The van der Waals surface area contributed by atoms with Gasteiger partial charge in [-0.15, -0.1) is 11.3 Å². The van der Waals surface area contributed by atoms with E-state index in [0.717, 1.165) is 34.3 Å². The predicted molar refractivity (Wildman–Crippen MR) is 199 cm³/mol. The zero-order valence-corrected chi connectivity index (χ0v) is 27.0. The molecule has 0 amide bonds. The fraction of sp³-hybridized carbons (Fsp3) is 0.0682. The standard InChI is InChI=1S/C44H30N2OS/c1-3-10-28(11-4-1)30-18-20-31(21-19-30)43-45-44(37-16-9-15-36-35-14-7-8-17-41(35)48-42(36)37)46(43)33-23-24-34-38-26-32(29-12-5-2-6-13-29)22-25-39(38)47-40(34)27-33/h1-21,23-27,32,43H,22H2/p+1. The van der Waals surface area contributed by atoms with Crippen LogP contribution in [0, 0.1) is 0 Å². The topological polar surface area (TPSA) is 28.2 Å². The molecule has 1 N–H and O–H groups in total. The van der Waals surface area contributed by atoms with Gasteiger partial charge in [-0.25, -0.2) is 5.32 Å². The zero-order chi connectivity index (χ0) is 31.6. The summed E-state index contributed by atoms with van der Waals surface area (Å²) in [5, 5.41) is 8.85. The second kappa shape index (κ2) is 10.9. The number of rotatable bonds is 5. The van der Waals surface area contributed by atoms with Crippen molar-refractivity contribution in [2.24, 2.45) is 0 Å². The average Bonchev–Trinajstić information content (AvgIpc) is 3.70. The number of benzene rings is 6. The first-order chi connectivity index (χ1) is 23.8. The maximum absolute atomic E-state index is 6.55. The molecule has 3 nitrogen and oxygen atoms in total. The molecule has 0 spiro atoms. The number of furan rings is 1. The van der Waals surface area contributed by atoms with E-state index >= 15 is 0 Å². The molecule has 6 aromatic carbocycles. The van der Waals surface area contributed by atoms with E-state index in [2.05, 4.69) is 168 Å². The maximum Gasteiger partial charge on any atom is 0.291 e. The molecule has 10 rings (SSSR count). The average molecular weight is 636 g/mol. The Hall–Kier alpha value is -5.71. The zero-order valence-electron chi connectivity index (χ0n) is 26.1. The summed E-state index contributed by atoms with van der Waals surface area (Å²) >= 11 is 1.86. The molecule has 0 radical (unpaired) electrons. The van der Waals surface area contributed by atoms with Crippen molar-refractivity contribution in [3.8, 4) is 11.1 Å². The van der Waals surface area contributed by atoms with Gasteiger partial charge in [0.15, 0.2) is 0 Å². The molecule has 8 aromatic rings. The molecular formula is C44H31N2OS+. The Bertz CT molecular complexity index is 2670. The van der Waals surface area contributed by atoms with E-state index in [1.165, 1.54) is 53.2 Å². The van der Waals surface area contributed by atoms with Crippen LogP contribution in [0.1, 0.15) is 35.2 Å². The quantitative estimate of drug-likeness (QED) is 0.191. The lowest BCUT2D eigenvalue weighted by Crippen LogP contribution is -2.51. The highest BCUT2D eigenvalue weighted by molar-refractivity contribution is 7.26. The molecule has 0 fully saturated rings. The lowest BCUT2D eigenvalue weighted by Gasteiger charge is -2.29. The van der Waals surface area contributed by atoms with E-state index in [1.807, 2.05) is 11.3 Å². The molecule has 4 heteroatoms. The largest absolute Gasteiger partial charge is 0.456 e. The van der Waals surface area contributed by atoms with E-state index in [0.29, 0.717) is 5.92 Å². The first-order valence-corrected chi connectivity index (χ1v) is 17.4. The molecule has 1 aliphatic heterocycles. The fourth-order valence-electron chi connectivity index (χ4n) is 7.50. The highest BCUT2D eigenvalue weighted by Crippen LogP contribution is 2.39. The Morgan fingerprint density at radius 3 is 2.25 bits per heavy atom. The minimum Gasteiger partial charge on any atom is -0.456 e. The van der Waals surface area contributed by atoms with Crippen LogP contribution in [-0.2, 0) is 0 Å². The summed E-state index contributed by atoms with van der Waals surface area (Å²) < 4.78 is 11.6. The van der Waals surface area contributed by atoms with Crippen molar-refractivity contribution < 1.29 is 8.99 Å².